The summed E-state index contributed by atoms with van der Waals surface area (Å²) in [5, 5.41) is 13.6. The number of anilines is 1. The lowest BCUT2D eigenvalue weighted by molar-refractivity contribution is -0.384. The summed E-state index contributed by atoms with van der Waals surface area (Å²) in [6.07, 6.45) is 0.113. The number of nitro benzene ring substituents is 1. The number of hydrogen-bond acceptors (Lipinski definition) is 5. The van der Waals surface area contributed by atoms with E-state index in [1.807, 2.05) is 13.8 Å². The highest BCUT2D eigenvalue weighted by molar-refractivity contribution is 5.93. The fourth-order valence-electron chi connectivity index (χ4n) is 1.68. The van der Waals surface area contributed by atoms with Gasteiger partial charge >= 0.3 is 0 Å². The molecule has 1 rings (SSSR count). The zero-order valence-electron chi connectivity index (χ0n) is 12.5. The average Bonchev–Trinajstić information content (AvgIpc) is 2.40. The predicted molar refractivity (Wildman–Crippen MR) is 80.3 cm³/mol. The molecule has 116 valence electrons. The first kappa shape index (κ1) is 16.9. The number of ether oxygens (including phenoxy) is 1. The summed E-state index contributed by atoms with van der Waals surface area (Å²) in [7, 11) is 0. The van der Waals surface area contributed by atoms with E-state index in [2.05, 4.69) is 5.32 Å². The normalized spacial score (nSPS) is 12.0. The van der Waals surface area contributed by atoms with Gasteiger partial charge in [-0.1, -0.05) is 13.8 Å². The summed E-state index contributed by atoms with van der Waals surface area (Å²) in [5.41, 5.74) is 5.76. The van der Waals surface area contributed by atoms with Gasteiger partial charge in [0.25, 0.3) is 5.69 Å². The van der Waals surface area contributed by atoms with Crippen molar-refractivity contribution >= 4 is 17.3 Å². The van der Waals surface area contributed by atoms with Gasteiger partial charge in [-0.15, -0.1) is 0 Å². The SMILES string of the molecule is CCOc1ccc(NC(=O)CC(N)C(C)C)c([N+](=O)[O-])c1. The Labute approximate surface area is 123 Å². The third kappa shape index (κ3) is 5.03. The van der Waals surface area contributed by atoms with Crippen LogP contribution in [0.1, 0.15) is 27.2 Å². The number of nitro groups is 1. The lowest BCUT2D eigenvalue weighted by Gasteiger charge is -2.15. The van der Waals surface area contributed by atoms with Gasteiger partial charge in [-0.05, 0) is 25.0 Å². The highest BCUT2D eigenvalue weighted by atomic mass is 16.6. The van der Waals surface area contributed by atoms with Crippen molar-refractivity contribution in [3.63, 3.8) is 0 Å². The fourth-order valence-corrected chi connectivity index (χ4v) is 1.68. The van der Waals surface area contributed by atoms with Gasteiger partial charge in [0.05, 0.1) is 17.6 Å². The Balaban J connectivity index is 2.87. The minimum atomic E-state index is -0.555. The van der Waals surface area contributed by atoms with Crippen molar-refractivity contribution in [3.05, 3.63) is 28.3 Å². The molecule has 1 atom stereocenters. The zero-order chi connectivity index (χ0) is 16.0. The molecule has 1 aromatic carbocycles. The number of amides is 1. The first-order chi connectivity index (χ1) is 9.85. The molecule has 0 spiro atoms. The van der Waals surface area contributed by atoms with Crippen LogP contribution in [0.15, 0.2) is 18.2 Å². The number of nitrogens with two attached hydrogens (primary N) is 1. The summed E-state index contributed by atoms with van der Waals surface area (Å²) in [4.78, 5) is 22.4. The van der Waals surface area contributed by atoms with Gasteiger partial charge in [0.2, 0.25) is 5.91 Å². The topological polar surface area (TPSA) is 107 Å². The van der Waals surface area contributed by atoms with E-state index in [1.165, 1.54) is 12.1 Å². The number of nitrogens with zero attached hydrogens (tertiary/aromatic N) is 1. The minimum Gasteiger partial charge on any atom is -0.494 e. The third-order valence-corrected chi connectivity index (χ3v) is 3.03. The minimum absolute atomic E-state index is 0.113. The van der Waals surface area contributed by atoms with Crippen LogP contribution in [0.4, 0.5) is 11.4 Å². The molecule has 0 radical (unpaired) electrons. The molecule has 1 aromatic rings. The van der Waals surface area contributed by atoms with Gasteiger partial charge in [0.15, 0.2) is 0 Å². The van der Waals surface area contributed by atoms with E-state index < -0.39 is 4.92 Å². The molecule has 0 saturated heterocycles. The van der Waals surface area contributed by atoms with Crippen molar-refractivity contribution in [1.82, 2.24) is 0 Å². The Morgan fingerprint density at radius 2 is 2.14 bits per heavy atom. The molecular formula is C14H21N3O4. The number of carbonyl (C=O) groups is 1. The molecule has 1 unspecified atom stereocenters. The second-order valence-electron chi connectivity index (χ2n) is 5.03. The molecule has 0 aliphatic heterocycles. The monoisotopic (exact) mass is 295 g/mol. The number of nitrogens with one attached hydrogen (secondary N) is 1. The molecule has 0 bridgehead atoms. The maximum atomic E-state index is 11.9. The van der Waals surface area contributed by atoms with E-state index in [4.69, 9.17) is 10.5 Å². The lowest BCUT2D eigenvalue weighted by Crippen LogP contribution is -2.31. The van der Waals surface area contributed by atoms with Crippen LogP contribution >= 0.6 is 0 Å². The van der Waals surface area contributed by atoms with Gasteiger partial charge in [0, 0.05) is 12.5 Å². The number of rotatable bonds is 7. The molecule has 3 N–H and O–H groups in total. The highest BCUT2D eigenvalue weighted by Gasteiger charge is 2.19. The van der Waals surface area contributed by atoms with Crippen LogP contribution in [0.2, 0.25) is 0 Å². The van der Waals surface area contributed by atoms with Crippen molar-refractivity contribution in [1.29, 1.82) is 0 Å². The van der Waals surface area contributed by atoms with E-state index in [-0.39, 0.29) is 35.7 Å². The number of carbonyl (C=O) groups excluding carboxylic acids is 1. The molecule has 0 aromatic heterocycles. The van der Waals surface area contributed by atoms with Crippen molar-refractivity contribution in [2.24, 2.45) is 11.7 Å². The van der Waals surface area contributed by atoms with Crippen molar-refractivity contribution in [2.75, 3.05) is 11.9 Å². The van der Waals surface area contributed by atoms with E-state index in [0.717, 1.165) is 0 Å². The van der Waals surface area contributed by atoms with E-state index in [0.29, 0.717) is 12.4 Å². The van der Waals surface area contributed by atoms with Crippen LogP contribution < -0.4 is 15.8 Å². The van der Waals surface area contributed by atoms with Crippen molar-refractivity contribution in [2.45, 2.75) is 33.2 Å². The molecule has 1 amide bonds. The van der Waals surface area contributed by atoms with E-state index in [9.17, 15) is 14.9 Å². The molecule has 0 heterocycles. The van der Waals surface area contributed by atoms with Crippen LogP contribution in [-0.4, -0.2) is 23.5 Å². The Morgan fingerprint density at radius 1 is 1.48 bits per heavy atom. The van der Waals surface area contributed by atoms with Crippen molar-refractivity contribution < 1.29 is 14.5 Å². The summed E-state index contributed by atoms with van der Waals surface area (Å²) in [6.45, 7) is 6.02. The standard InChI is InChI=1S/C14H21N3O4/c1-4-21-10-5-6-12(13(7-10)17(19)20)16-14(18)8-11(15)9(2)3/h5-7,9,11H,4,8,15H2,1-3H3,(H,16,18). The molecule has 0 aliphatic carbocycles. The van der Waals surface area contributed by atoms with Crippen molar-refractivity contribution in [3.8, 4) is 5.75 Å². The second-order valence-corrected chi connectivity index (χ2v) is 5.03. The van der Waals surface area contributed by atoms with Gasteiger partial charge in [-0.2, -0.15) is 0 Å². The smallest absolute Gasteiger partial charge is 0.296 e. The Hall–Kier alpha value is -2.15. The van der Waals surface area contributed by atoms with Crippen LogP contribution in [-0.2, 0) is 4.79 Å². The molecule has 0 saturated carbocycles. The second kappa shape index (κ2) is 7.58. The first-order valence-electron chi connectivity index (χ1n) is 6.81. The zero-order valence-corrected chi connectivity index (χ0v) is 12.5. The lowest BCUT2D eigenvalue weighted by atomic mass is 10.0. The van der Waals surface area contributed by atoms with Gasteiger partial charge in [-0.3, -0.25) is 14.9 Å². The van der Waals surface area contributed by atoms with Crippen LogP contribution in [0.25, 0.3) is 0 Å². The first-order valence-corrected chi connectivity index (χ1v) is 6.81. The number of hydrogen-bond donors (Lipinski definition) is 2. The Bertz CT molecular complexity index is 517. The average molecular weight is 295 g/mol. The molecular weight excluding hydrogens is 274 g/mol. The van der Waals surface area contributed by atoms with Gasteiger partial charge in [-0.25, -0.2) is 0 Å². The molecule has 0 fully saturated rings. The van der Waals surface area contributed by atoms with Crippen LogP contribution in [0.5, 0.6) is 5.75 Å². The summed E-state index contributed by atoms with van der Waals surface area (Å²) in [6, 6.07) is 4.05. The predicted octanol–water partition coefficient (Wildman–Crippen LogP) is 2.31. The van der Waals surface area contributed by atoms with Crippen LogP contribution in [0.3, 0.4) is 0 Å². The highest BCUT2D eigenvalue weighted by Crippen LogP contribution is 2.29. The molecule has 21 heavy (non-hydrogen) atoms. The Morgan fingerprint density at radius 3 is 2.67 bits per heavy atom. The molecule has 7 heteroatoms. The Kier molecular flexibility index (Phi) is 6.10. The van der Waals surface area contributed by atoms with E-state index >= 15 is 0 Å². The third-order valence-electron chi connectivity index (χ3n) is 3.03. The maximum absolute atomic E-state index is 11.9. The summed E-state index contributed by atoms with van der Waals surface area (Å²) >= 11 is 0. The largest absolute Gasteiger partial charge is 0.494 e. The fraction of sp³-hybridized carbons (Fsp3) is 0.500. The maximum Gasteiger partial charge on any atom is 0.296 e. The molecule has 0 aliphatic rings. The molecule has 7 nitrogen and oxygen atoms in total. The van der Waals surface area contributed by atoms with Gasteiger partial charge < -0.3 is 15.8 Å². The summed E-state index contributed by atoms with van der Waals surface area (Å²) < 4.78 is 5.22. The summed E-state index contributed by atoms with van der Waals surface area (Å²) in [5.74, 6) is 0.204. The quantitative estimate of drug-likeness (QED) is 0.592. The van der Waals surface area contributed by atoms with Gasteiger partial charge in [0.1, 0.15) is 11.4 Å². The number of benzene rings is 1. The van der Waals surface area contributed by atoms with Crippen LogP contribution in [0, 0.1) is 16.0 Å². The van der Waals surface area contributed by atoms with E-state index in [1.54, 1.807) is 13.0 Å².